The number of hydrogen-bond acceptors (Lipinski definition) is 20. The number of carbonyl (C=O) groups excluding carboxylic acids is 1. The van der Waals surface area contributed by atoms with Crippen molar-refractivity contribution in [3.8, 4) is 17.2 Å². The molecule has 3 aromatic heterocycles. The molecule has 10 fully saturated rings. The largest absolute Gasteiger partial charge is 0.493 e. The lowest BCUT2D eigenvalue weighted by atomic mass is 9.85. The van der Waals surface area contributed by atoms with Crippen LogP contribution in [0.3, 0.4) is 0 Å². The van der Waals surface area contributed by atoms with Crippen molar-refractivity contribution in [2.75, 3.05) is 121 Å². The lowest BCUT2D eigenvalue weighted by Gasteiger charge is -2.48. The minimum Gasteiger partial charge on any atom is -0.493 e. The maximum absolute atomic E-state index is 11.7. The van der Waals surface area contributed by atoms with Crippen LogP contribution < -0.4 is 35.0 Å². The van der Waals surface area contributed by atoms with Crippen LogP contribution in [0.4, 0.5) is 0 Å². The molecule has 10 aliphatic rings. The molecule has 10 aromatic rings. The lowest BCUT2D eigenvalue weighted by molar-refractivity contribution is -0.115. The topological polar surface area (TPSA) is 201 Å². The molecular formula is C123H179Cl2N9O11Si2. The Bertz CT molecular complexity index is 5380. The summed E-state index contributed by atoms with van der Waals surface area (Å²) >= 11 is 0. The highest BCUT2D eigenvalue weighted by Gasteiger charge is 2.55. The Hall–Kier alpha value is -7.37. The number of aromatic nitrogens is 3. The van der Waals surface area contributed by atoms with Crippen molar-refractivity contribution in [2.45, 2.75) is 314 Å². The number of aliphatic hydroxyl groups is 2. The van der Waals surface area contributed by atoms with Crippen molar-refractivity contribution < 1.29 is 51.6 Å². The van der Waals surface area contributed by atoms with Crippen LogP contribution in [0.5, 0.6) is 17.2 Å². The summed E-state index contributed by atoms with van der Waals surface area (Å²) in [6.07, 6.45) is 41.6. The predicted molar refractivity (Wildman–Crippen MR) is 607 cm³/mol. The molecule has 7 saturated carbocycles. The van der Waals surface area contributed by atoms with E-state index >= 15 is 0 Å². The second-order valence-corrected chi connectivity index (χ2v) is 57.0. The van der Waals surface area contributed by atoms with E-state index in [0.29, 0.717) is 23.9 Å². The standard InChI is InChI=1S/C44H61N3O3Si.2C28H43N3O3.C23H30O2Si.2ClH/c1-44(2,3)51(36-15-8-6-9-16-36,37-17-10-7-11-18-37)50-41-19-13-12-14-35(41)30-47-28-26-33(27-29-47)22-24-40-38-23-25-42(48-32-34-20-21-34)39(31-46(4)5)43(38)49-45-40;2*1-30(2)18-24-27(33-19-21-7-8-21)12-10-23-25(29-34-28(23)24)11-9-20-13-15-31(16-14-20)17-22-5-3-4-6-26(22)32;1-23(2,3)26(20-13-6-4-7-14-20,21-15-8-5-9-16-21)25-22-17-11-10-12-19(22)18-24;;/h6-11,15-18,23,25,33-35,41H,12-14,19-22,24,26-32H2,1-5H3;2*10,12,20-22,26,32H,3-9,11,13-19H2,1-2H3;4-9,13-16,18-19,22H,10-12,17H2,1-3H3;2*1H/t35-,41-;2*22-,26-;19-,22-;;/m1110../s1. The first-order valence-electron chi connectivity index (χ1n) is 56.9. The average Bonchev–Trinajstić information content (AvgIpc) is 1.58. The van der Waals surface area contributed by atoms with E-state index in [0.717, 1.165) is 243 Å². The zero-order chi connectivity index (χ0) is 101. The van der Waals surface area contributed by atoms with E-state index < -0.39 is 16.6 Å². The molecule has 8 atom stereocenters. The molecule has 804 valence electrons. The Labute approximate surface area is 894 Å². The first-order valence-corrected chi connectivity index (χ1v) is 60.7. The molecule has 3 saturated heterocycles. The van der Waals surface area contributed by atoms with Crippen molar-refractivity contribution in [2.24, 2.45) is 59.2 Å². The molecule has 0 amide bonds. The molecule has 7 aliphatic carbocycles. The number of aliphatic hydroxyl groups excluding tert-OH is 2. The van der Waals surface area contributed by atoms with Gasteiger partial charge in [0.25, 0.3) is 16.6 Å². The van der Waals surface area contributed by atoms with Gasteiger partial charge in [0.2, 0.25) is 0 Å². The summed E-state index contributed by atoms with van der Waals surface area (Å²) < 4.78 is 51.3. The quantitative estimate of drug-likeness (QED) is 0.0272. The number of halogens is 2. The molecule has 147 heavy (non-hydrogen) atoms. The van der Waals surface area contributed by atoms with Gasteiger partial charge in [0.05, 0.1) is 71.9 Å². The average molecular weight is 2090 g/mol. The van der Waals surface area contributed by atoms with Crippen LogP contribution in [0.1, 0.15) is 274 Å². The summed E-state index contributed by atoms with van der Waals surface area (Å²) in [6.45, 7) is 29.3. The van der Waals surface area contributed by atoms with Crippen molar-refractivity contribution >= 4 is 101 Å². The third-order valence-corrected chi connectivity index (χ3v) is 44.4. The summed E-state index contributed by atoms with van der Waals surface area (Å²) in [7, 11) is 7.42. The van der Waals surface area contributed by atoms with Crippen LogP contribution in [0, 0.1) is 59.2 Å². The van der Waals surface area contributed by atoms with Crippen LogP contribution in [-0.2, 0) is 52.5 Å². The Kier molecular flexibility index (Phi) is 41.7. The second kappa shape index (κ2) is 53.9. The van der Waals surface area contributed by atoms with Crippen molar-refractivity contribution in [3.63, 3.8) is 0 Å². The number of benzene rings is 7. The number of nitrogens with zero attached hydrogens (tertiary/aromatic N) is 9. The van der Waals surface area contributed by atoms with Gasteiger partial charge in [-0.1, -0.05) is 230 Å². The molecule has 3 aliphatic heterocycles. The SMILES string of the molecule is CC(C)(C)[Si](O[C@H]1CCCC[C@H]1C=O)(c1ccccc1)c1ccccc1.CN(C)Cc1c(OCC2CC2)ccc2c(CCC3CCN(C[C@H]4CCCC[C@H]4O)CC3)noc12.CN(C)Cc1c(OCC2CC2)ccc2c(CCC3CCN(C[C@H]4CCCC[C@H]4O)CC3)noc12.CN(C)Cc1c(OCC2CC2)ccc2c(CCC3CCN(C[C@H]4CCCC[C@H]4O[Si](c4ccccc4)(c4ccccc4)C(C)(C)C)CC3)noc12.Cl.Cl. The Morgan fingerprint density at radius 3 is 0.918 bits per heavy atom. The maximum atomic E-state index is 11.7. The molecule has 2 N–H and O–H groups in total. The van der Waals surface area contributed by atoms with Crippen molar-refractivity contribution in [1.29, 1.82) is 0 Å². The normalized spacial score (nSPS) is 22.6. The molecule has 20 rings (SSSR count). The summed E-state index contributed by atoms with van der Waals surface area (Å²) in [6, 6.07) is 56.7. The zero-order valence-electron chi connectivity index (χ0n) is 91.2. The number of aryl methyl sites for hydroxylation is 3. The fraction of sp³-hybridized carbons (Fsp3) is 0.626. The van der Waals surface area contributed by atoms with E-state index in [4.69, 9.17) is 36.6 Å². The molecule has 6 heterocycles. The Morgan fingerprint density at radius 2 is 0.626 bits per heavy atom. The second-order valence-electron chi connectivity index (χ2n) is 48.5. The van der Waals surface area contributed by atoms with Gasteiger partial charge in [-0.25, -0.2) is 0 Å². The van der Waals surface area contributed by atoms with Gasteiger partial charge in [-0.3, -0.25) is 0 Å². The highest BCUT2D eigenvalue weighted by molar-refractivity contribution is 7.00. The molecule has 7 aromatic carbocycles. The van der Waals surface area contributed by atoms with Gasteiger partial charge in [-0.05, 0) is 369 Å². The van der Waals surface area contributed by atoms with E-state index in [1.807, 2.05) is 0 Å². The highest BCUT2D eigenvalue weighted by Crippen LogP contribution is 2.47. The van der Waals surface area contributed by atoms with Crippen LogP contribution in [-0.4, -0.2) is 223 Å². The van der Waals surface area contributed by atoms with E-state index in [1.54, 1.807) is 0 Å². The number of ether oxygens (including phenoxy) is 3. The molecular weight excluding hydrogens is 1910 g/mol. The fourth-order valence-electron chi connectivity index (χ4n) is 25.1. The smallest absolute Gasteiger partial charge is 0.261 e. The first-order chi connectivity index (χ1) is 70.3. The van der Waals surface area contributed by atoms with Gasteiger partial charge >= 0.3 is 0 Å². The van der Waals surface area contributed by atoms with Gasteiger partial charge in [0, 0.05) is 67.4 Å². The summed E-state index contributed by atoms with van der Waals surface area (Å²) in [5.74, 6) is 8.83. The zero-order valence-corrected chi connectivity index (χ0v) is 94.9. The molecule has 24 heteroatoms. The molecule has 0 bridgehead atoms. The summed E-state index contributed by atoms with van der Waals surface area (Å²) in [4.78, 5) is 26.2. The van der Waals surface area contributed by atoms with Crippen LogP contribution in [0.25, 0.3) is 32.9 Å². The Morgan fingerprint density at radius 1 is 0.347 bits per heavy atom. The molecule has 20 nitrogen and oxygen atoms in total. The van der Waals surface area contributed by atoms with Gasteiger partial charge < -0.3 is 81.0 Å². The first kappa shape index (κ1) is 114. The monoisotopic (exact) mass is 2080 g/mol. The van der Waals surface area contributed by atoms with E-state index in [1.165, 1.54) is 221 Å². The van der Waals surface area contributed by atoms with Gasteiger partial charge in [-0.15, -0.1) is 24.8 Å². The van der Waals surface area contributed by atoms with Crippen LogP contribution >= 0.6 is 24.8 Å². The third kappa shape index (κ3) is 30.0. The van der Waals surface area contributed by atoms with Crippen LogP contribution in [0.15, 0.2) is 171 Å². The van der Waals surface area contributed by atoms with Gasteiger partial charge in [-0.2, -0.15) is 0 Å². The van der Waals surface area contributed by atoms with Gasteiger partial charge in [0.15, 0.2) is 16.7 Å². The maximum Gasteiger partial charge on any atom is 0.261 e. The third-order valence-electron chi connectivity index (χ3n) is 34.2. The molecule has 0 radical (unpaired) electrons. The van der Waals surface area contributed by atoms with Crippen molar-refractivity contribution in [1.82, 2.24) is 44.9 Å². The number of carbonyl (C=O) groups is 1. The fourth-order valence-corrected chi connectivity index (χ4v) is 34.6. The summed E-state index contributed by atoms with van der Waals surface area (Å²) in [5.41, 5.74) is 9.38. The number of fused-ring (bicyclic) bond motifs is 3. The number of piperidine rings is 3. The predicted octanol–water partition coefficient (Wildman–Crippen LogP) is 23.4. The number of likely N-dealkylation sites (tertiary alicyclic amines) is 3. The minimum absolute atomic E-state index is 0. The van der Waals surface area contributed by atoms with Crippen LogP contribution in [0.2, 0.25) is 10.1 Å². The molecule has 0 unspecified atom stereocenters. The van der Waals surface area contributed by atoms with E-state index in [9.17, 15) is 15.0 Å². The van der Waals surface area contributed by atoms with E-state index in [-0.39, 0.29) is 59.1 Å². The summed E-state index contributed by atoms with van der Waals surface area (Å²) in [5, 5.41) is 43.1. The van der Waals surface area contributed by atoms with E-state index in [2.05, 4.69) is 286 Å². The van der Waals surface area contributed by atoms with Crippen molar-refractivity contribution in [3.05, 3.63) is 191 Å². The lowest BCUT2D eigenvalue weighted by Crippen LogP contribution is -2.68. The van der Waals surface area contributed by atoms with Gasteiger partial charge in [0.1, 0.15) is 23.5 Å². The minimum atomic E-state index is -2.58. The highest BCUT2D eigenvalue weighted by atomic mass is 35.5. The number of hydrogen-bond donors (Lipinski definition) is 2. The number of aldehydes is 1. The Balaban J connectivity index is 0.000000151. The molecule has 0 spiro atoms. The number of rotatable bonds is 39.